The van der Waals surface area contributed by atoms with E-state index in [4.69, 9.17) is 5.73 Å². The van der Waals surface area contributed by atoms with Crippen molar-refractivity contribution in [3.05, 3.63) is 0 Å². The smallest absolute Gasteiger partial charge is 0.00674 e. The number of rotatable bonds is 7. The van der Waals surface area contributed by atoms with Gasteiger partial charge in [0.1, 0.15) is 0 Å². The number of hydrogen-bond acceptors (Lipinski definition) is 1. The maximum Gasteiger partial charge on any atom is 0.00674 e. The van der Waals surface area contributed by atoms with Gasteiger partial charge >= 0.3 is 0 Å². The zero-order valence-electron chi connectivity index (χ0n) is 12.3. The minimum atomic E-state index is 0.494. The average Bonchev–Trinajstić information content (AvgIpc) is 2.36. The van der Waals surface area contributed by atoms with Gasteiger partial charge in [-0.3, -0.25) is 0 Å². The van der Waals surface area contributed by atoms with E-state index >= 15 is 0 Å². The summed E-state index contributed by atoms with van der Waals surface area (Å²) < 4.78 is 0. The SMILES string of the molecule is CCCCC(CC)CC1CC(CC)CCC1N. The summed E-state index contributed by atoms with van der Waals surface area (Å²) in [6, 6.07) is 0.494. The van der Waals surface area contributed by atoms with Gasteiger partial charge in [0.05, 0.1) is 0 Å². The molecular weight excluding hydrogens is 206 g/mol. The van der Waals surface area contributed by atoms with Crippen LogP contribution in [-0.4, -0.2) is 6.04 Å². The highest BCUT2D eigenvalue weighted by atomic mass is 14.7. The van der Waals surface area contributed by atoms with Crippen LogP contribution in [-0.2, 0) is 0 Å². The van der Waals surface area contributed by atoms with Gasteiger partial charge in [-0.2, -0.15) is 0 Å². The van der Waals surface area contributed by atoms with E-state index in [2.05, 4.69) is 20.8 Å². The van der Waals surface area contributed by atoms with Gasteiger partial charge < -0.3 is 5.73 Å². The predicted octanol–water partition coefficient (Wildman–Crippen LogP) is 4.75. The van der Waals surface area contributed by atoms with Crippen molar-refractivity contribution in [3.8, 4) is 0 Å². The van der Waals surface area contributed by atoms with Crippen LogP contribution in [0.2, 0.25) is 0 Å². The Morgan fingerprint density at radius 2 is 1.94 bits per heavy atom. The zero-order chi connectivity index (χ0) is 12.7. The molecule has 0 amide bonds. The van der Waals surface area contributed by atoms with Gasteiger partial charge in [0.25, 0.3) is 0 Å². The van der Waals surface area contributed by atoms with E-state index in [1.54, 1.807) is 0 Å². The molecule has 0 spiro atoms. The minimum Gasteiger partial charge on any atom is -0.327 e. The molecule has 102 valence electrons. The number of unbranched alkanes of at least 4 members (excludes halogenated alkanes) is 1. The Balaban J connectivity index is 2.40. The maximum atomic E-state index is 6.33. The third-order valence-electron chi connectivity index (χ3n) is 4.91. The summed E-state index contributed by atoms with van der Waals surface area (Å²) in [4.78, 5) is 0. The summed E-state index contributed by atoms with van der Waals surface area (Å²) in [5.41, 5.74) is 6.33. The number of nitrogens with two attached hydrogens (primary N) is 1. The first-order valence-corrected chi connectivity index (χ1v) is 7.96. The van der Waals surface area contributed by atoms with Gasteiger partial charge in [-0.05, 0) is 43.4 Å². The fourth-order valence-corrected chi connectivity index (χ4v) is 3.44. The normalized spacial score (nSPS) is 31.4. The fraction of sp³-hybridized carbons (Fsp3) is 1.00. The lowest BCUT2D eigenvalue weighted by atomic mass is 9.73. The molecule has 1 rings (SSSR count). The first kappa shape index (κ1) is 15.0. The van der Waals surface area contributed by atoms with Crippen LogP contribution in [0.1, 0.15) is 78.6 Å². The van der Waals surface area contributed by atoms with Crippen LogP contribution in [0.15, 0.2) is 0 Å². The standard InChI is InChI=1S/C16H33N/c1-4-7-8-13(5-2)11-15-12-14(6-3)9-10-16(15)17/h13-16H,4-12,17H2,1-3H3. The summed E-state index contributed by atoms with van der Waals surface area (Å²) in [6.07, 6.45) is 12.3. The van der Waals surface area contributed by atoms with Crippen LogP contribution in [0.3, 0.4) is 0 Å². The molecule has 0 radical (unpaired) electrons. The van der Waals surface area contributed by atoms with Crippen molar-refractivity contribution in [1.29, 1.82) is 0 Å². The van der Waals surface area contributed by atoms with Crippen molar-refractivity contribution < 1.29 is 0 Å². The second kappa shape index (κ2) is 8.13. The van der Waals surface area contributed by atoms with E-state index in [9.17, 15) is 0 Å². The van der Waals surface area contributed by atoms with Gasteiger partial charge in [-0.15, -0.1) is 0 Å². The lowest BCUT2D eigenvalue weighted by molar-refractivity contribution is 0.188. The summed E-state index contributed by atoms with van der Waals surface area (Å²) in [6.45, 7) is 6.99. The van der Waals surface area contributed by atoms with Crippen LogP contribution in [0.25, 0.3) is 0 Å². The van der Waals surface area contributed by atoms with Crippen molar-refractivity contribution >= 4 is 0 Å². The van der Waals surface area contributed by atoms with Crippen LogP contribution in [0.5, 0.6) is 0 Å². The minimum absolute atomic E-state index is 0.494. The van der Waals surface area contributed by atoms with Crippen molar-refractivity contribution in [2.24, 2.45) is 23.5 Å². The van der Waals surface area contributed by atoms with Crippen LogP contribution in [0.4, 0.5) is 0 Å². The summed E-state index contributed by atoms with van der Waals surface area (Å²) >= 11 is 0. The molecule has 17 heavy (non-hydrogen) atoms. The highest BCUT2D eigenvalue weighted by Crippen LogP contribution is 2.35. The van der Waals surface area contributed by atoms with E-state index in [1.165, 1.54) is 57.8 Å². The first-order valence-electron chi connectivity index (χ1n) is 7.96. The largest absolute Gasteiger partial charge is 0.327 e. The molecule has 1 nitrogen and oxygen atoms in total. The van der Waals surface area contributed by atoms with E-state index in [1.807, 2.05) is 0 Å². The molecule has 0 aromatic carbocycles. The Morgan fingerprint density at radius 1 is 1.18 bits per heavy atom. The Hall–Kier alpha value is -0.0400. The lowest BCUT2D eigenvalue weighted by Gasteiger charge is -2.35. The van der Waals surface area contributed by atoms with Crippen molar-refractivity contribution in [3.63, 3.8) is 0 Å². The molecule has 1 aliphatic rings. The van der Waals surface area contributed by atoms with Crippen molar-refractivity contribution in [2.45, 2.75) is 84.6 Å². The van der Waals surface area contributed by atoms with Gasteiger partial charge in [0.15, 0.2) is 0 Å². The molecule has 0 aliphatic heterocycles. The Bertz CT molecular complexity index is 190. The molecule has 1 saturated carbocycles. The van der Waals surface area contributed by atoms with Crippen LogP contribution < -0.4 is 5.73 Å². The molecule has 0 aromatic heterocycles. The van der Waals surface area contributed by atoms with E-state index in [-0.39, 0.29) is 0 Å². The highest BCUT2D eigenvalue weighted by Gasteiger charge is 2.28. The van der Waals surface area contributed by atoms with E-state index in [0.29, 0.717) is 6.04 Å². The van der Waals surface area contributed by atoms with Gasteiger partial charge in [0.2, 0.25) is 0 Å². The Morgan fingerprint density at radius 3 is 2.53 bits per heavy atom. The fourth-order valence-electron chi connectivity index (χ4n) is 3.44. The van der Waals surface area contributed by atoms with E-state index in [0.717, 1.165) is 17.8 Å². The molecule has 1 aliphatic carbocycles. The molecule has 4 unspecified atom stereocenters. The molecular formula is C16H33N. The highest BCUT2D eigenvalue weighted by molar-refractivity contribution is 4.83. The Labute approximate surface area is 109 Å². The van der Waals surface area contributed by atoms with Gasteiger partial charge in [0, 0.05) is 6.04 Å². The predicted molar refractivity (Wildman–Crippen MR) is 77.0 cm³/mol. The molecule has 1 fully saturated rings. The molecule has 2 N–H and O–H groups in total. The molecule has 0 heterocycles. The first-order chi connectivity index (χ1) is 8.21. The summed E-state index contributed by atoms with van der Waals surface area (Å²) in [5.74, 6) is 2.71. The second-order valence-corrected chi connectivity index (χ2v) is 6.16. The van der Waals surface area contributed by atoms with E-state index < -0.39 is 0 Å². The molecule has 1 heteroatoms. The maximum absolute atomic E-state index is 6.33. The summed E-state index contributed by atoms with van der Waals surface area (Å²) in [7, 11) is 0. The molecule has 0 bridgehead atoms. The van der Waals surface area contributed by atoms with Crippen LogP contribution >= 0.6 is 0 Å². The van der Waals surface area contributed by atoms with Crippen LogP contribution in [0, 0.1) is 17.8 Å². The van der Waals surface area contributed by atoms with Crippen molar-refractivity contribution in [2.75, 3.05) is 0 Å². The topological polar surface area (TPSA) is 26.0 Å². The van der Waals surface area contributed by atoms with Gasteiger partial charge in [-0.25, -0.2) is 0 Å². The van der Waals surface area contributed by atoms with Gasteiger partial charge in [-0.1, -0.05) is 52.9 Å². The monoisotopic (exact) mass is 239 g/mol. The Kier molecular flexibility index (Phi) is 7.18. The summed E-state index contributed by atoms with van der Waals surface area (Å²) in [5, 5.41) is 0. The zero-order valence-corrected chi connectivity index (χ0v) is 12.3. The second-order valence-electron chi connectivity index (χ2n) is 6.16. The number of hydrogen-bond donors (Lipinski definition) is 1. The quantitative estimate of drug-likeness (QED) is 0.682. The molecule has 0 saturated heterocycles. The average molecular weight is 239 g/mol. The lowest BCUT2D eigenvalue weighted by Crippen LogP contribution is -2.37. The third kappa shape index (κ3) is 4.99. The molecule has 4 atom stereocenters. The van der Waals surface area contributed by atoms with Crippen molar-refractivity contribution in [1.82, 2.24) is 0 Å². The third-order valence-corrected chi connectivity index (χ3v) is 4.91. The molecule has 0 aromatic rings.